The van der Waals surface area contributed by atoms with Crippen molar-refractivity contribution in [3.63, 3.8) is 0 Å². The zero-order valence-electron chi connectivity index (χ0n) is 16.6. The Kier molecular flexibility index (Phi) is 7.01. The van der Waals surface area contributed by atoms with E-state index in [0.717, 1.165) is 0 Å². The van der Waals surface area contributed by atoms with Crippen molar-refractivity contribution >= 4 is 28.8 Å². The summed E-state index contributed by atoms with van der Waals surface area (Å²) >= 11 is 0. The van der Waals surface area contributed by atoms with Crippen LogP contribution in [-0.4, -0.2) is 40.5 Å². The molecule has 0 atom stereocenters. The third kappa shape index (κ3) is 5.70. The van der Waals surface area contributed by atoms with Crippen LogP contribution in [0.1, 0.15) is 17.1 Å². The molecular formula is C20H20FN7O3. The molecule has 1 aromatic carbocycles. The van der Waals surface area contributed by atoms with Gasteiger partial charge in [-0.1, -0.05) is 23.4 Å². The van der Waals surface area contributed by atoms with Crippen molar-refractivity contribution in [3.05, 3.63) is 71.8 Å². The Morgan fingerprint density at radius 3 is 2.84 bits per heavy atom. The number of carbonyl (C=O) groups excluding carboxylic acids is 1. The van der Waals surface area contributed by atoms with Crippen LogP contribution in [0.2, 0.25) is 0 Å². The molecule has 3 rings (SSSR count). The normalized spacial score (nSPS) is 12.1. The average molecular weight is 425 g/mol. The molecule has 0 aliphatic heterocycles. The fraction of sp³-hybridized carbons (Fsp3) is 0.150. The first-order chi connectivity index (χ1) is 15.0. The molecule has 0 aliphatic rings. The van der Waals surface area contributed by atoms with Gasteiger partial charge in [0, 0.05) is 18.7 Å². The molecule has 1 amide bonds. The van der Waals surface area contributed by atoms with Crippen molar-refractivity contribution in [2.24, 2.45) is 10.7 Å². The van der Waals surface area contributed by atoms with Gasteiger partial charge in [0.1, 0.15) is 30.1 Å². The van der Waals surface area contributed by atoms with Crippen LogP contribution >= 0.6 is 0 Å². The second kappa shape index (κ2) is 10.1. The minimum Gasteiger partial charge on any atom is -0.396 e. The van der Waals surface area contributed by atoms with Gasteiger partial charge in [0.2, 0.25) is 5.91 Å². The molecule has 2 heterocycles. The van der Waals surface area contributed by atoms with E-state index in [-0.39, 0.29) is 42.0 Å². The van der Waals surface area contributed by atoms with Gasteiger partial charge in [-0.25, -0.2) is 14.4 Å². The monoisotopic (exact) mass is 425 g/mol. The molecule has 11 heteroatoms. The highest BCUT2D eigenvalue weighted by Gasteiger charge is 2.12. The van der Waals surface area contributed by atoms with E-state index in [4.69, 9.17) is 20.7 Å². The number of halogens is 1. The van der Waals surface area contributed by atoms with Crippen molar-refractivity contribution in [2.45, 2.75) is 6.54 Å². The lowest BCUT2D eigenvalue weighted by Crippen LogP contribution is -2.19. The quantitative estimate of drug-likeness (QED) is 0.461. The first-order valence-electron chi connectivity index (χ1n) is 9.05. The number of nitrogens with one attached hydrogen (secondary N) is 1. The van der Waals surface area contributed by atoms with Crippen molar-refractivity contribution < 1.29 is 18.4 Å². The van der Waals surface area contributed by atoms with E-state index in [1.165, 1.54) is 31.7 Å². The van der Waals surface area contributed by atoms with Crippen LogP contribution < -0.4 is 16.8 Å². The number of nitrogens with zero attached hydrogens (tertiary/aromatic N) is 4. The molecular weight excluding hydrogens is 405 g/mol. The third-order valence-electron chi connectivity index (χ3n) is 4.00. The number of methoxy groups -OCH3 is 1. The smallest absolute Gasteiger partial charge is 0.250 e. The minimum absolute atomic E-state index is 0.0251. The second-order valence-electron chi connectivity index (χ2n) is 6.25. The number of benzene rings is 1. The van der Waals surface area contributed by atoms with Gasteiger partial charge in [0.25, 0.3) is 0 Å². The van der Waals surface area contributed by atoms with E-state index < -0.39 is 5.91 Å². The predicted molar refractivity (Wildman–Crippen MR) is 112 cm³/mol. The lowest BCUT2D eigenvalue weighted by molar-refractivity contribution is -0.119. The van der Waals surface area contributed by atoms with Gasteiger partial charge in [-0.15, -0.1) is 0 Å². The molecule has 3 aromatic rings. The van der Waals surface area contributed by atoms with Crippen molar-refractivity contribution in [1.29, 1.82) is 0 Å². The van der Waals surface area contributed by atoms with Gasteiger partial charge in [-0.2, -0.15) is 0 Å². The van der Waals surface area contributed by atoms with E-state index in [1.807, 2.05) is 0 Å². The number of hydrogen-bond donors (Lipinski definition) is 3. The number of amides is 1. The Bertz CT molecular complexity index is 1110. The number of ether oxygens (including phenoxy) is 1. The summed E-state index contributed by atoms with van der Waals surface area (Å²) in [4.78, 5) is 24.3. The van der Waals surface area contributed by atoms with Gasteiger partial charge in [0.05, 0.1) is 24.2 Å². The average Bonchev–Trinajstić information content (AvgIpc) is 3.28. The Labute approximate surface area is 176 Å². The zero-order chi connectivity index (χ0) is 22.2. The molecule has 0 bridgehead atoms. The maximum Gasteiger partial charge on any atom is 0.250 e. The van der Waals surface area contributed by atoms with Gasteiger partial charge in [0.15, 0.2) is 11.6 Å². The second-order valence-corrected chi connectivity index (χ2v) is 6.25. The number of nitrogen functional groups attached to an aromatic ring is 1. The Balaban J connectivity index is 1.86. The highest BCUT2D eigenvalue weighted by Crippen LogP contribution is 2.17. The van der Waals surface area contributed by atoms with E-state index in [1.54, 1.807) is 24.3 Å². The summed E-state index contributed by atoms with van der Waals surface area (Å²) in [6.45, 7) is -0.0745. The third-order valence-corrected chi connectivity index (χ3v) is 4.00. The van der Waals surface area contributed by atoms with Crippen LogP contribution in [0.15, 0.2) is 58.4 Å². The molecule has 0 saturated carbocycles. The largest absolute Gasteiger partial charge is 0.396 e. The maximum atomic E-state index is 13.9. The molecule has 0 aliphatic carbocycles. The Hall–Kier alpha value is -4.12. The minimum atomic E-state index is -0.400. The topological polar surface area (TPSA) is 155 Å². The molecule has 0 radical (unpaired) electrons. The molecule has 0 fully saturated rings. The number of aliphatic imine (C=N–C) groups is 1. The summed E-state index contributed by atoms with van der Waals surface area (Å²) in [5.41, 5.74) is 13.5. The van der Waals surface area contributed by atoms with Crippen LogP contribution in [0.4, 0.5) is 15.9 Å². The summed E-state index contributed by atoms with van der Waals surface area (Å²) in [6.07, 6.45) is 4.19. The molecule has 2 aromatic heterocycles. The first kappa shape index (κ1) is 21.6. The summed E-state index contributed by atoms with van der Waals surface area (Å²) < 4.78 is 23.5. The van der Waals surface area contributed by atoms with E-state index >= 15 is 0 Å². The highest BCUT2D eigenvalue weighted by atomic mass is 19.1. The molecule has 0 saturated heterocycles. The fourth-order valence-corrected chi connectivity index (χ4v) is 2.50. The predicted octanol–water partition coefficient (Wildman–Crippen LogP) is 1.76. The Morgan fingerprint density at radius 1 is 1.35 bits per heavy atom. The number of rotatable bonds is 8. The van der Waals surface area contributed by atoms with E-state index in [2.05, 4.69) is 25.4 Å². The Morgan fingerprint density at radius 2 is 2.16 bits per heavy atom. The lowest BCUT2D eigenvalue weighted by atomic mass is 10.2. The van der Waals surface area contributed by atoms with Crippen LogP contribution in [-0.2, 0) is 16.1 Å². The zero-order valence-corrected chi connectivity index (χ0v) is 16.6. The van der Waals surface area contributed by atoms with Crippen LogP contribution in [0.5, 0.6) is 0 Å². The summed E-state index contributed by atoms with van der Waals surface area (Å²) in [7, 11) is 1.40. The lowest BCUT2D eigenvalue weighted by Gasteiger charge is -2.08. The summed E-state index contributed by atoms with van der Waals surface area (Å²) in [5.74, 6) is -0.631. The van der Waals surface area contributed by atoms with E-state index in [9.17, 15) is 9.18 Å². The number of anilines is 2. The molecule has 0 unspecified atom stereocenters. The van der Waals surface area contributed by atoms with Crippen LogP contribution in [0, 0.1) is 5.82 Å². The fourth-order valence-electron chi connectivity index (χ4n) is 2.50. The van der Waals surface area contributed by atoms with Gasteiger partial charge in [-0.05, 0) is 12.1 Å². The standard InChI is InChI=1S/C20H20FN7O3/c1-30-11-18(29)26-17-10-25-20(27-19(17)23)14(22)8-16(15-6-7-31-28-15)24-9-12-4-2-3-5-13(12)21/h2-8,10H,9,11,22H2,1H3,(H,26,29)(H2,23,25,27). The van der Waals surface area contributed by atoms with Gasteiger partial charge < -0.3 is 26.0 Å². The molecule has 160 valence electrons. The molecule has 10 nitrogen and oxygen atoms in total. The SMILES string of the molecule is COCC(=O)Nc1cnc(C(N)=CC(=NCc2ccccc2F)c2ccon2)nc1N. The molecule has 5 N–H and O–H groups in total. The van der Waals surface area contributed by atoms with Crippen molar-refractivity contribution in [3.8, 4) is 0 Å². The van der Waals surface area contributed by atoms with Crippen molar-refractivity contribution in [1.82, 2.24) is 15.1 Å². The number of nitrogens with two attached hydrogens (primary N) is 2. The van der Waals surface area contributed by atoms with Crippen LogP contribution in [0.3, 0.4) is 0 Å². The maximum absolute atomic E-state index is 13.9. The highest BCUT2D eigenvalue weighted by molar-refractivity contribution is 6.10. The number of carbonyl (C=O) groups is 1. The van der Waals surface area contributed by atoms with Crippen molar-refractivity contribution in [2.75, 3.05) is 24.8 Å². The van der Waals surface area contributed by atoms with E-state index in [0.29, 0.717) is 17.0 Å². The summed E-state index contributed by atoms with van der Waals surface area (Å²) in [6, 6.07) is 7.90. The molecule has 0 spiro atoms. The molecule has 31 heavy (non-hydrogen) atoms. The number of hydrogen-bond acceptors (Lipinski definition) is 9. The first-order valence-corrected chi connectivity index (χ1v) is 9.05. The number of allylic oxidation sites excluding steroid dienone is 1. The van der Waals surface area contributed by atoms with Gasteiger partial charge >= 0.3 is 0 Å². The van der Waals surface area contributed by atoms with Crippen LogP contribution in [0.25, 0.3) is 5.70 Å². The van der Waals surface area contributed by atoms with Gasteiger partial charge in [-0.3, -0.25) is 9.79 Å². The number of aromatic nitrogens is 3. The summed E-state index contributed by atoms with van der Waals surface area (Å²) in [5, 5.41) is 6.38.